The highest BCUT2D eigenvalue weighted by atomic mass is 16.1. The topological polar surface area (TPSA) is 21.4 Å². The first-order valence-corrected chi connectivity index (χ1v) is 3.68. The molecule has 1 fully saturated rings. The summed E-state index contributed by atoms with van der Waals surface area (Å²) in [7, 11) is 0. The molecule has 2 heteroatoms. The van der Waals surface area contributed by atoms with E-state index in [0.29, 0.717) is 31.1 Å². The van der Waals surface area contributed by atoms with Crippen molar-refractivity contribution in [1.29, 1.82) is 0 Å². The van der Waals surface area contributed by atoms with Crippen LogP contribution in [-0.2, 0) is 4.79 Å². The van der Waals surface area contributed by atoms with Crippen LogP contribution in [0, 0.1) is 12.5 Å². The fraction of sp³-hybridized carbons (Fsp3) is 0.750. The Bertz CT molecular complexity index is 159. The van der Waals surface area contributed by atoms with Gasteiger partial charge in [0.05, 0.1) is 0 Å². The van der Waals surface area contributed by atoms with Gasteiger partial charge in [-0.2, -0.15) is 0 Å². The Kier molecular flexibility index (Phi) is 2.44. The zero-order valence-electron chi connectivity index (χ0n) is 5.97. The van der Waals surface area contributed by atoms with E-state index in [1.54, 1.807) is 0 Å². The molecular formula is C8H11NO. The third-order valence-electron chi connectivity index (χ3n) is 2.01. The molecule has 0 aromatic carbocycles. The van der Waals surface area contributed by atoms with Crippen molar-refractivity contribution in [2.45, 2.75) is 25.7 Å². The van der Waals surface area contributed by atoms with E-state index in [1.807, 2.05) is 0 Å². The normalized spacial score (nSPS) is 20.5. The number of Topliss-reactive ketones (excluding diaryl/α,β-unsaturated/α-hetero) is 1. The lowest BCUT2D eigenvalue weighted by Crippen LogP contribution is -2.15. The van der Waals surface area contributed by atoms with E-state index < -0.39 is 0 Å². The molecule has 0 spiro atoms. The van der Waals surface area contributed by atoms with E-state index in [9.17, 15) is 4.79 Å². The number of ketones is 1. The molecule has 0 atom stereocenters. The summed E-state index contributed by atoms with van der Waals surface area (Å²) in [5.74, 6) is 0.886. The van der Waals surface area contributed by atoms with Gasteiger partial charge in [0.25, 0.3) is 0 Å². The first-order valence-electron chi connectivity index (χ1n) is 3.68. The van der Waals surface area contributed by atoms with Gasteiger partial charge in [-0.05, 0) is 12.8 Å². The molecule has 0 bridgehead atoms. The Labute approximate surface area is 61.1 Å². The SMILES string of the molecule is [C-]#[N+]CC1CCC(=O)CC1. The summed E-state index contributed by atoms with van der Waals surface area (Å²) in [5.41, 5.74) is 0. The number of carbonyl (C=O) groups excluding carboxylic acids is 1. The lowest BCUT2D eigenvalue weighted by Gasteiger charge is -2.14. The smallest absolute Gasteiger partial charge is 0.217 e. The Balaban J connectivity index is 2.27. The first-order chi connectivity index (χ1) is 4.83. The van der Waals surface area contributed by atoms with Gasteiger partial charge >= 0.3 is 0 Å². The minimum atomic E-state index is 0.376. The van der Waals surface area contributed by atoms with Gasteiger partial charge < -0.3 is 4.85 Å². The van der Waals surface area contributed by atoms with Crippen molar-refractivity contribution >= 4 is 5.78 Å². The highest BCUT2D eigenvalue weighted by Gasteiger charge is 2.19. The molecule has 0 amide bonds. The van der Waals surface area contributed by atoms with Crippen LogP contribution in [0.1, 0.15) is 25.7 Å². The van der Waals surface area contributed by atoms with Crippen molar-refractivity contribution < 1.29 is 4.79 Å². The standard InChI is InChI=1S/C8H11NO/c1-9-6-7-2-4-8(10)5-3-7/h7H,2-6H2. The maximum atomic E-state index is 10.7. The molecule has 0 aromatic rings. The van der Waals surface area contributed by atoms with Crippen LogP contribution in [0.5, 0.6) is 0 Å². The van der Waals surface area contributed by atoms with E-state index in [4.69, 9.17) is 6.57 Å². The van der Waals surface area contributed by atoms with Crippen molar-refractivity contribution in [2.24, 2.45) is 5.92 Å². The fourth-order valence-electron chi connectivity index (χ4n) is 1.31. The molecule has 0 N–H and O–H groups in total. The molecule has 0 unspecified atom stereocenters. The zero-order valence-corrected chi connectivity index (χ0v) is 5.97. The quantitative estimate of drug-likeness (QED) is 0.504. The number of hydrogen-bond donors (Lipinski definition) is 0. The monoisotopic (exact) mass is 137 g/mol. The Morgan fingerprint density at radius 3 is 2.60 bits per heavy atom. The maximum Gasteiger partial charge on any atom is 0.217 e. The second kappa shape index (κ2) is 3.36. The molecule has 1 aliphatic carbocycles. The molecule has 1 saturated carbocycles. The van der Waals surface area contributed by atoms with Crippen LogP contribution in [-0.4, -0.2) is 12.3 Å². The summed E-state index contributed by atoms with van der Waals surface area (Å²) >= 11 is 0. The van der Waals surface area contributed by atoms with E-state index in [2.05, 4.69) is 4.85 Å². The molecule has 0 radical (unpaired) electrons. The van der Waals surface area contributed by atoms with Crippen molar-refractivity contribution in [1.82, 2.24) is 0 Å². The summed E-state index contributed by atoms with van der Waals surface area (Å²) in [4.78, 5) is 14.1. The van der Waals surface area contributed by atoms with Gasteiger partial charge in [0, 0.05) is 18.8 Å². The van der Waals surface area contributed by atoms with Crippen molar-refractivity contribution in [3.63, 3.8) is 0 Å². The van der Waals surface area contributed by atoms with Gasteiger partial charge in [-0.3, -0.25) is 4.79 Å². The molecule has 0 aromatic heterocycles. The largest absolute Gasteiger partial charge is 0.317 e. The number of nitrogens with zero attached hydrogens (tertiary/aromatic N) is 1. The predicted molar refractivity (Wildman–Crippen MR) is 38.4 cm³/mol. The van der Waals surface area contributed by atoms with Gasteiger partial charge in [-0.15, -0.1) is 0 Å². The van der Waals surface area contributed by atoms with Gasteiger partial charge in [0.1, 0.15) is 5.78 Å². The molecule has 2 nitrogen and oxygen atoms in total. The molecular weight excluding hydrogens is 126 g/mol. The van der Waals surface area contributed by atoms with Gasteiger partial charge in [0.2, 0.25) is 6.54 Å². The minimum absolute atomic E-state index is 0.376. The second-order valence-electron chi connectivity index (χ2n) is 2.82. The average Bonchev–Trinajstić information content (AvgIpc) is 1.95. The van der Waals surface area contributed by atoms with Gasteiger partial charge in [-0.25, -0.2) is 6.57 Å². The Hall–Kier alpha value is -0.840. The van der Waals surface area contributed by atoms with E-state index in [-0.39, 0.29) is 0 Å². The number of hydrogen-bond acceptors (Lipinski definition) is 1. The first kappa shape index (κ1) is 7.27. The van der Waals surface area contributed by atoms with Crippen LogP contribution in [0.15, 0.2) is 0 Å². The van der Waals surface area contributed by atoms with Crippen LogP contribution < -0.4 is 0 Å². The third kappa shape index (κ3) is 1.84. The average molecular weight is 137 g/mol. The third-order valence-corrected chi connectivity index (χ3v) is 2.01. The summed E-state index contributed by atoms with van der Waals surface area (Å²) in [6, 6.07) is 0. The lowest BCUT2D eigenvalue weighted by atomic mass is 9.89. The summed E-state index contributed by atoms with van der Waals surface area (Å²) in [5, 5.41) is 0. The molecule has 1 aliphatic rings. The maximum absolute atomic E-state index is 10.7. The minimum Gasteiger partial charge on any atom is -0.317 e. The van der Waals surface area contributed by atoms with E-state index in [1.165, 1.54) is 0 Å². The van der Waals surface area contributed by atoms with E-state index in [0.717, 1.165) is 12.8 Å². The highest BCUT2D eigenvalue weighted by Crippen LogP contribution is 2.21. The van der Waals surface area contributed by atoms with Crippen molar-refractivity contribution in [3.8, 4) is 0 Å². The van der Waals surface area contributed by atoms with Crippen LogP contribution in [0.25, 0.3) is 4.85 Å². The lowest BCUT2D eigenvalue weighted by molar-refractivity contribution is -0.120. The number of carbonyl (C=O) groups is 1. The Morgan fingerprint density at radius 1 is 1.50 bits per heavy atom. The molecule has 0 saturated heterocycles. The molecule has 10 heavy (non-hydrogen) atoms. The molecule has 54 valence electrons. The van der Waals surface area contributed by atoms with Crippen LogP contribution in [0.2, 0.25) is 0 Å². The fourth-order valence-corrected chi connectivity index (χ4v) is 1.31. The van der Waals surface area contributed by atoms with Crippen molar-refractivity contribution in [2.75, 3.05) is 6.54 Å². The molecule has 0 aliphatic heterocycles. The summed E-state index contributed by atoms with van der Waals surface area (Å²) in [6.07, 6.45) is 3.31. The van der Waals surface area contributed by atoms with Crippen molar-refractivity contribution in [3.05, 3.63) is 11.4 Å². The Morgan fingerprint density at radius 2 is 2.10 bits per heavy atom. The van der Waals surface area contributed by atoms with E-state index >= 15 is 0 Å². The van der Waals surface area contributed by atoms with Gasteiger partial charge in [0.15, 0.2) is 0 Å². The van der Waals surface area contributed by atoms with Gasteiger partial charge in [-0.1, -0.05) is 0 Å². The zero-order chi connectivity index (χ0) is 7.40. The van der Waals surface area contributed by atoms with Crippen LogP contribution >= 0.6 is 0 Å². The number of rotatable bonds is 1. The summed E-state index contributed by atoms with van der Waals surface area (Å²) < 4.78 is 0. The second-order valence-corrected chi connectivity index (χ2v) is 2.82. The molecule has 1 rings (SSSR count). The van der Waals surface area contributed by atoms with Crippen LogP contribution in [0.3, 0.4) is 0 Å². The van der Waals surface area contributed by atoms with Crippen LogP contribution in [0.4, 0.5) is 0 Å². The summed E-state index contributed by atoms with van der Waals surface area (Å²) in [6.45, 7) is 7.25. The predicted octanol–water partition coefficient (Wildman–Crippen LogP) is 1.66. The molecule has 0 heterocycles. The highest BCUT2D eigenvalue weighted by molar-refractivity contribution is 5.79.